The average molecular weight is 375 g/mol. The highest BCUT2D eigenvalue weighted by molar-refractivity contribution is 9.10. The van der Waals surface area contributed by atoms with E-state index in [9.17, 15) is 4.79 Å². The Balaban J connectivity index is 1.70. The Morgan fingerprint density at radius 2 is 2.04 bits per heavy atom. The first-order valence-corrected chi connectivity index (χ1v) is 8.58. The van der Waals surface area contributed by atoms with E-state index in [4.69, 9.17) is 0 Å². The number of carbonyl (C=O) groups excluding carboxylic acids is 1. The predicted octanol–water partition coefficient (Wildman–Crippen LogP) is 4.15. The van der Waals surface area contributed by atoms with Gasteiger partial charge in [-0.1, -0.05) is 28.8 Å². The maximum atomic E-state index is 12.4. The van der Waals surface area contributed by atoms with Gasteiger partial charge in [0, 0.05) is 22.4 Å². The van der Waals surface area contributed by atoms with Crippen molar-refractivity contribution in [2.45, 2.75) is 38.6 Å². The number of rotatable bonds is 4. The number of hydrogen-bond acceptors (Lipinski definition) is 4. The van der Waals surface area contributed by atoms with Gasteiger partial charge in [-0.05, 0) is 49.6 Å². The Morgan fingerprint density at radius 3 is 2.78 bits per heavy atom. The number of amides is 1. The summed E-state index contributed by atoms with van der Waals surface area (Å²) in [6, 6.07) is 7.73. The van der Waals surface area contributed by atoms with Crippen LogP contribution in [-0.4, -0.2) is 21.9 Å². The molecule has 1 aromatic carbocycles. The third-order valence-electron chi connectivity index (χ3n) is 3.99. The largest absolute Gasteiger partial charge is 0.351 e. The summed E-state index contributed by atoms with van der Waals surface area (Å²) in [4.78, 5) is 20.9. The summed E-state index contributed by atoms with van der Waals surface area (Å²) >= 11 is 3.45. The van der Waals surface area contributed by atoms with Gasteiger partial charge in [-0.25, -0.2) is 9.97 Å². The van der Waals surface area contributed by atoms with Crippen molar-refractivity contribution in [3.63, 3.8) is 0 Å². The molecule has 0 aliphatic heterocycles. The molecule has 0 bridgehead atoms. The normalized spacial score (nSPS) is 14.7. The standard InChI is InChI=1S/C17H19BrN4O/c1-11-10-13(6-7-14(11)18)20-16(23)15-8-9-19-17(22-15)21-12-4-2-3-5-12/h6-10,12H,2-5H2,1H3,(H,20,23)(H,19,21,22). The monoisotopic (exact) mass is 374 g/mol. The summed E-state index contributed by atoms with van der Waals surface area (Å²) in [6.45, 7) is 1.98. The Morgan fingerprint density at radius 1 is 1.26 bits per heavy atom. The number of aryl methyl sites for hydroxylation is 1. The fourth-order valence-corrected chi connectivity index (χ4v) is 2.97. The molecule has 120 valence electrons. The van der Waals surface area contributed by atoms with Crippen LogP contribution in [0.25, 0.3) is 0 Å². The van der Waals surface area contributed by atoms with Crippen molar-refractivity contribution in [2.75, 3.05) is 10.6 Å². The van der Waals surface area contributed by atoms with E-state index in [-0.39, 0.29) is 5.91 Å². The minimum Gasteiger partial charge on any atom is -0.351 e. The first-order chi connectivity index (χ1) is 11.1. The van der Waals surface area contributed by atoms with Gasteiger partial charge in [0.1, 0.15) is 5.69 Å². The first kappa shape index (κ1) is 15.9. The summed E-state index contributed by atoms with van der Waals surface area (Å²) in [7, 11) is 0. The highest BCUT2D eigenvalue weighted by Crippen LogP contribution is 2.22. The lowest BCUT2D eigenvalue weighted by Gasteiger charge is -2.12. The quantitative estimate of drug-likeness (QED) is 0.843. The molecule has 5 nitrogen and oxygen atoms in total. The maximum absolute atomic E-state index is 12.4. The molecule has 1 aliphatic rings. The van der Waals surface area contributed by atoms with Crippen molar-refractivity contribution in [2.24, 2.45) is 0 Å². The summed E-state index contributed by atoms with van der Waals surface area (Å²) in [5.41, 5.74) is 2.18. The van der Waals surface area contributed by atoms with Crippen molar-refractivity contribution in [3.05, 3.63) is 46.2 Å². The molecule has 0 radical (unpaired) electrons. The fourth-order valence-electron chi connectivity index (χ4n) is 2.73. The van der Waals surface area contributed by atoms with Crippen LogP contribution in [0.5, 0.6) is 0 Å². The van der Waals surface area contributed by atoms with Crippen molar-refractivity contribution >= 4 is 33.5 Å². The molecule has 1 aromatic heterocycles. The smallest absolute Gasteiger partial charge is 0.274 e. The number of benzene rings is 1. The van der Waals surface area contributed by atoms with Crippen LogP contribution in [0.2, 0.25) is 0 Å². The number of anilines is 2. The van der Waals surface area contributed by atoms with Crippen LogP contribution in [0.4, 0.5) is 11.6 Å². The van der Waals surface area contributed by atoms with Crippen LogP contribution in [0, 0.1) is 6.92 Å². The number of nitrogens with zero attached hydrogens (tertiary/aromatic N) is 2. The molecule has 0 unspecified atom stereocenters. The summed E-state index contributed by atoms with van der Waals surface area (Å²) in [6.07, 6.45) is 6.36. The molecule has 2 N–H and O–H groups in total. The van der Waals surface area contributed by atoms with Gasteiger partial charge in [-0.3, -0.25) is 4.79 Å². The average Bonchev–Trinajstić information content (AvgIpc) is 3.04. The highest BCUT2D eigenvalue weighted by Gasteiger charge is 2.16. The summed E-state index contributed by atoms with van der Waals surface area (Å²) in [5.74, 6) is 0.292. The minimum atomic E-state index is -0.233. The molecule has 0 spiro atoms. The van der Waals surface area contributed by atoms with E-state index in [1.165, 1.54) is 12.8 Å². The molecule has 23 heavy (non-hydrogen) atoms. The topological polar surface area (TPSA) is 66.9 Å². The van der Waals surface area contributed by atoms with Gasteiger partial charge in [0.05, 0.1) is 0 Å². The van der Waals surface area contributed by atoms with Gasteiger partial charge in [0.15, 0.2) is 0 Å². The summed E-state index contributed by atoms with van der Waals surface area (Å²) < 4.78 is 1.01. The highest BCUT2D eigenvalue weighted by atomic mass is 79.9. The number of aromatic nitrogens is 2. The van der Waals surface area contributed by atoms with Gasteiger partial charge >= 0.3 is 0 Å². The molecule has 1 amide bonds. The molecule has 1 heterocycles. The van der Waals surface area contributed by atoms with E-state index >= 15 is 0 Å². The van der Waals surface area contributed by atoms with E-state index in [0.717, 1.165) is 28.6 Å². The lowest BCUT2D eigenvalue weighted by atomic mass is 10.2. The van der Waals surface area contributed by atoms with Crippen LogP contribution < -0.4 is 10.6 Å². The van der Waals surface area contributed by atoms with Crippen LogP contribution in [-0.2, 0) is 0 Å². The van der Waals surface area contributed by atoms with Crippen LogP contribution >= 0.6 is 15.9 Å². The maximum Gasteiger partial charge on any atom is 0.274 e. The van der Waals surface area contributed by atoms with Crippen molar-refractivity contribution < 1.29 is 4.79 Å². The van der Waals surface area contributed by atoms with Crippen LogP contribution in [0.15, 0.2) is 34.9 Å². The SMILES string of the molecule is Cc1cc(NC(=O)c2ccnc(NC3CCCC3)n2)ccc1Br. The molecular weight excluding hydrogens is 356 g/mol. The molecule has 0 saturated heterocycles. The van der Waals surface area contributed by atoms with E-state index in [0.29, 0.717) is 17.7 Å². The molecular formula is C17H19BrN4O. The van der Waals surface area contributed by atoms with Crippen molar-refractivity contribution in [1.82, 2.24) is 9.97 Å². The zero-order valence-corrected chi connectivity index (χ0v) is 14.6. The third-order valence-corrected chi connectivity index (χ3v) is 4.88. The second-order valence-corrected chi connectivity index (χ2v) is 6.66. The van der Waals surface area contributed by atoms with E-state index in [1.807, 2.05) is 25.1 Å². The van der Waals surface area contributed by atoms with Crippen LogP contribution in [0.1, 0.15) is 41.7 Å². The molecule has 0 atom stereocenters. The van der Waals surface area contributed by atoms with Gasteiger partial charge in [-0.15, -0.1) is 0 Å². The van der Waals surface area contributed by atoms with Gasteiger partial charge < -0.3 is 10.6 Å². The minimum absolute atomic E-state index is 0.233. The third kappa shape index (κ3) is 4.07. The zero-order valence-electron chi connectivity index (χ0n) is 13.0. The van der Waals surface area contributed by atoms with Gasteiger partial charge in [-0.2, -0.15) is 0 Å². The molecule has 1 saturated carbocycles. The molecule has 3 rings (SSSR count). The molecule has 6 heteroatoms. The number of nitrogens with one attached hydrogen (secondary N) is 2. The van der Waals surface area contributed by atoms with Crippen LogP contribution in [0.3, 0.4) is 0 Å². The molecule has 1 aliphatic carbocycles. The molecule has 2 aromatic rings. The Bertz CT molecular complexity index is 713. The van der Waals surface area contributed by atoms with Crippen molar-refractivity contribution in [1.29, 1.82) is 0 Å². The van der Waals surface area contributed by atoms with E-state index in [2.05, 4.69) is 36.5 Å². The zero-order chi connectivity index (χ0) is 16.2. The lowest BCUT2D eigenvalue weighted by Crippen LogP contribution is -2.19. The summed E-state index contributed by atoms with van der Waals surface area (Å²) in [5, 5.41) is 6.18. The Labute approximate surface area is 144 Å². The van der Waals surface area contributed by atoms with E-state index < -0.39 is 0 Å². The second kappa shape index (κ2) is 7.08. The van der Waals surface area contributed by atoms with Crippen molar-refractivity contribution in [3.8, 4) is 0 Å². The number of halogens is 1. The number of carbonyl (C=O) groups is 1. The fraction of sp³-hybridized carbons (Fsp3) is 0.353. The first-order valence-electron chi connectivity index (χ1n) is 7.79. The Kier molecular flexibility index (Phi) is 4.91. The molecule has 1 fully saturated rings. The number of hydrogen-bond donors (Lipinski definition) is 2. The predicted molar refractivity (Wildman–Crippen MR) is 94.7 cm³/mol. The Hall–Kier alpha value is -1.95. The lowest BCUT2D eigenvalue weighted by molar-refractivity contribution is 0.102. The van der Waals surface area contributed by atoms with E-state index in [1.54, 1.807) is 12.3 Å². The second-order valence-electron chi connectivity index (χ2n) is 5.81. The van der Waals surface area contributed by atoms with Gasteiger partial charge in [0.25, 0.3) is 5.91 Å². The van der Waals surface area contributed by atoms with Gasteiger partial charge in [0.2, 0.25) is 5.95 Å².